The van der Waals surface area contributed by atoms with Crippen LogP contribution in [-0.2, 0) is 0 Å². The van der Waals surface area contributed by atoms with Crippen molar-refractivity contribution >= 4 is 16.9 Å². The summed E-state index contributed by atoms with van der Waals surface area (Å²) in [4.78, 5) is 10.7. The van der Waals surface area contributed by atoms with E-state index in [1.165, 1.54) is 6.07 Å². The van der Waals surface area contributed by atoms with Gasteiger partial charge in [0, 0.05) is 11.5 Å². The Bertz CT molecular complexity index is 576. The third-order valence-electron chi connectivity index (χ3n) is 1.97. The second-order valence-electron chi connectivity index (χ2n) is 3.13. The number of H-pyrrole nitrogens is 1. The normalized spacial score (nSPS) is 11.7. The van der Waals surface area contributed by atoms with Crippen LogP contribution in [0.25, 0.3) is 10.9 Å². The largest absolute Gasteiger partial charge is 0.573 e. The molecule has 1 heterocycles. The van der Waals surface area contributed by atoms with Crippen molar-refractivity contribution < 1.29 is 27.8 Å². The van der Waals surface area contributed by atoms with Crippen molar-refractivity contribution in [1.82, 2.24) is 10.2 Å². The van der Waals surface area contributed by atoms with Crippen LogP contribution in [-0.4, -0.2) is 27.6 Å². The summed E-state index contributed by atoms with van der Waals surface area (Å²) >= 11 is 0. The van der Waals surface area contributed by atoms with Crippen LogP contribution in [0.2, 0.25) is 0 Å². The minimum Gasteiger partial charge on any atom is -0.476 e. The summed E-state index contributed by atoms with van der Waals surface area (Å²) in [5, 5.41) is 14.7. The van der Waals surface area contributed by atoms with E-state index in [1.807, 2.05) is 0 Å². The Labute approximate surface area is 91.8 Å². The van der Waals surface area contributed by atoms with Gasteiger partial charge >= 0.3 is 12.3 Å². The van der Waals surface area contributed by atoms with E-state index in [1.54, 1.807) is 0 Å². The van der Waals surface area contributed by atoms with Gasteiger partial charge in [0.25, 0.3) is 0 Å². The highest BCUT2D eigenvalue weighted by molar-refractivity contribution is 6.01. The molecule has 0 bridgehead atoms. The molecule has 0 fully saturated rings. The van der Waals surface area contributed by atoms with Gasteiger partial charge in [-0.3, -0.25) is 5.10 Å². The number of nitrogens with zero attached hydrogens (tertiary/aromatic N) is 1. The van der Waals surface area contributed by atoms with E-state index in [2.05, 4.69) is 14.9 Å². The summed E-state index contributed by atoms with van der Waals surface area (Å²) in [7, 11) is 0. The van der Waals surface area contributed by atoms with Crippen molar-refractivity contribution in [3.63, 3.8) is 0 Å². The summed E-state index contributed by atoms with van der Waals surface area (Å²) in [5.74, 6) is -1.70. The van der Waals surface area contributed by atoms with Crippen LogP contribution in [0.5, 0.6) is 5.75 Å². The minimum absolute atomic E-state index is 0.157. The molecule has 0 spiro atoms. The van der Waals surface area contributed by atoms with Gasteiger partial charge in [-0.15, -0.1) is 13.2 Å². The van der Waals surface area contributed by atoms with Crippen molar-refractivity contribution in [1.29, 1.82) is 0 Å². The first kappa shape index (κ1) is 11.2. The third kappa shape index (κ3) is 2.30. The van der Waals surface area contributed by atoms with E-state index in [-0.39, 0.29) is 16.6 Å². The number of benzene rings is 1. The van der Waals surface area contributed by atoms with E-state index in [4.69, 9.17) is 5.11 Å². The van der Waals surface area contributed by atoms with E-state index in [0.29, 0.717) is 0 Å². The monoisotopic (exact) mass is 246 g/mol. The van der Waals surface area contributed by atoms with Crippen molar-refractivity contribution in [2.45, 2.75) is 6.36 Å². The number of hydrogen-bond donors (Lipinski definition) is 2. The molecule has 1 aromatic carbocycles. The molecular weight excluding hydrogens is 241 g/mol. The fourth-order valence-corrected chi connectivity index (χ4v) is 1.36. The zero-order chi connectivity index (χ0) is 12.6. The van der Waals surface area contributed by atoms with Gasteiger partial charge in [-0.05, 0) is 12.1 Å². The number of aromatic nitrogens is 2. The number of halogens is 3. The fraction of sp³-hybridized carbons (Fsp3) is 0.111. The highest BCUT2D eigenvalue weighted by Gasteiger charge is 2.31. The Morgan fingerprint density at radius 3 is 2.71 bits per heavy atom. The maximum absolute atomic E-state index is 11.9. The van der Waals surface area contributed by atoms with Gasteiger partial charge in [-0.1, -0.05) is 0 Å². The van der Waals surface area contributed by atoms with Gasteiger partial charge in [-0.2, -0.15) is 5.10 Å². The summed E-state index contributed by atoms with van der Waals surface area (Å²) in [6.07, 6.45) is -4.79. The molecule has 0 saturated heterocycles. The standard InChI is InChI=1S/C9H5F3N2O3/c10-9(11,12)17-4-1-2-5-6(3-4)13-14-7(5)8(15)16/h1-3H,(H,13,14)(H,15,16). The first-order valence-electron chi connectivity index (χ1n) is 4.34. The third-order valence-corrected chi connectivity index (χ3v) is 1.97. The maximum Gasteiger partial charge on any atom is 0.573 e. The number of fused-ring (bicyclic) bond motifs is 1. The number of carboxylic acid groups (broad SMARTS) is 1. The summed E-state index contributed by atoms with van der Waals surface area (Å²) in [6.45, 7) is 0. The molecule has 2 rings (SSSR count). The van der Waals surface area contributed by atoms with Gasteiger partial charge in [0.05, 0.1) is 5.52 Å². The average Bonchev–Trinajstić information content (AvgIpc) is 2.57. The number of carbonyl (C=O) groups is 1. The topological polar surface area (TPSA) is 75.2 Å². The van der Waals surface area contributed by atoms with Gasteiger partial charge in [0.15, 0.2) is 5.69 Å². The lowest BCUT2D eigenvalue weighted by Gasteiger charge is -2.08. The van der Waals surface area contributed by atoms with Crippen molar-refractivity contribution in [2.24, 2.45) is 0 Å². The molecule has 0 unspecified atom stereocenters. The molecule has 0 aliphatic carbocycles. The van der Waals surface area contributed by atoms with Crippen LogP contribution in [0.3, 0.4) is 0 Å². The Hall–Kier alpha value is -2.25. The Balaban J connectivity index is 2.43. The first-order chi connectivity index (χ1) is 7.87. The van der Waals surface area contributed by atoms with Crippen molar-refractivity contribution in [3.05, 3.63) is 23.9 Å². The van der Waals surface area contributed by atoms with Crippen LogP contribution in [0, 0.1) is 0 Å². The quantitative estimate of drug-likeness (QED) is 0.851. The Morgan fingerprint density at radius 1 is 1.41 bits per heavy atom. The molecule has 5 nitrogen and oxygen atoms in total. The SMILES string of the molecule is O=C(O)c1n[nH]c2cc(OC(F)(F)F)ccc12. The molecule has 0 radical (unpaired) electrons. The van der Waals surface area contributed by atoms with Crippen molar-refractivity contribution in [3.8, 4) is 5.75 Å². The number of aromatic carboxylic acids is 1. The molecule has 0 atom stereocenters. The Kier molecular flexibility index (Phi) is 2.41. The number of alkyl halides is 3. The van der Waals surface area contributed by atoms with E-state index >= 15 is 0 Å². The first-order valence-corrected chi connectivity index (χ1v) is 4.34. The predicted octanol–water partition coefficient (Wildman–Crippen LogP) is 2.16. The fourth-order valence-electron chi connectivity index (χ4n) is 1.36. The molecule has 1 aromatic heterocycles. The molecule has 8 heteroatoms. The molecule has 0 aliphatic heterocycles. The second kappa shape index (κ2) is 3.65. The van der Waals surface area contributed by atoms with E-state index < -0.39 is 18.1 Å². The molecule has 2 N–H and O–H groups in total. The highest BCUT2D eigenvalue weighted by Crippen LogP contribution is 2.26. The van der Waals surface area contributed by atoms with Crippen LogP contribution >= 0.6 is 0 Å². The number of aromatic amines is 1. The predicted molar refractivity (Wildman–Crippen MR) is 49.7 cm³/mol. The average molecular weight is 246 g/mol. The number of nitrogens with one attached hydrogen (secondary N) is 1. The zero-order valence-corrected chi connectivity index (χ0v) is 8.08. The van der Waals surface area contributed by atoms with Crippen molar-refractivity contribution in [2.75, 3.05) is 0 Å². The van der Waals surface area contributed by atoms with Gasteiger partial charge < -0.3 is 9.84 Å². The lowest BCUT2D eigenvalue weighted by atomic mass is 10.2. The molecule has 0 aliphatic rings. The van der Waals surface area contributed by atoms with Gasteiger partial charge in [-0.25, -0.2) is 4.79 Å². The van der Waals surface area contributed by atoms with Crippen LogP contribution < -0.4 is 4.74 Å². The molecule has 90 valence electrons. The lowest BCUT2D eigenvalue weighted by molar-refractivity contribution is -0.274. The summed E-state index contributed by atoms with van der Waals surface area (Å²) in [6, 6.07) is 3.25. The number of hydrogen-bond acceptors (Lipinski definition) is 3. The van der Waals surface area contributed by atoms with E-state index in [9.17, 15) is 18.0 Å². The maximum atomic E-state index is 11.9. The lowest BCUT2D eigenvalue weighted by Crippen LogP contribution is -2.16. The number of carboxylic acids is 1. The molecule has 2 aromatic rings. The molecule has 17 heavy (non-hydrogen) atoms. The van der Waals surface area contributed by atoms with E-state index in [0.717, 1.165) is 12.1 Å². The second-order valence-corrected chi connectivity index (χ2v) is 3.13. The Morgan fingerprint density at radius 2 is 2.12 bits per heavy atom. The number of rotatable bonds is 2. The smallest absolute Gasteiger partial charge is 0.476 e. The van der Waals surface area contributed by atoms with Gasteiger partial charge in [0.1, 0.15) is 5.75 Å². The summed E-state index contributed by atoms with van der Waals surface area (Å²) in [5.41, 5.74) is -0.0947. The molecular formula is C9H5F3N2O3. The van der Waals surface area contributed by atoms with Crippen LogP contribution in [0.15, 0.2) is 18.2 Å². The minimum atomic E-state index is -4.79. The highest BCUT2D eigenvalue weighted by atomic mass is 19.4. The van der Waals surface area contributed by atoms with Gasteiger partial charge in [0.2, 0.25) is 0 Å². The number of ether oxygens (including phenoxy) is 1. The zero-order valence-electron chi connectivity index (χ0n) is 8.08. The van der Waals surface area contributed by atoms with Crippen LogP contribution in [0.4, 0.5) is 13.2 Å². The van der Waals surface area contributed by atoms with Crippen LogP contribution in [0.1, 0.15) is 10.5 Å². The summed E-state index contributed by atoms with van der Waals surface area (Å²) < 4.78 is 39.5. The molecule has 0 amide bonds. The molecule has 0 saturated carbocycles.